The lowest BCUT2D eigenvalue weighted by molar-refractivity contribution is -0.159. The number of aliphatic carboxylic acids is 1. The Morgan fingerprint density at radius 2 is 2.00 bits per heavy atom. The molecule has 0 aromatic carbocycles. The Morgan fingerprint density at radius 3 is 2.50 bits per heavy atom. The van der Waals surface area contributed by atoms with Crippen LogP contribution in [0.2, 0.25) is 0 Å². The van der Waals surface area contributed by atoms with Crippen LogP contribution in [0, 0.1) is 0 Å². The number of carbonyl (C=O) groups is 2. The van der Waals surface area contributed by atoms with Gasteiger partial charge in [0.2, 0.25) is 0 Å². The van der Waals surface area contributed by atoms with Gasteiger partial charge in [-0.15, -0.1) is 0 Å². The molecule has 0 bridgehead atoms. The summed E-state index contributed by atoms with van der Waals surface area (Å²) in [5.41, 5.74) is -1.80. The summed E-state index contributed by atoms with van der Waals surface area (Å²) in [4.78, 5) is 26.1. The van der Waals surface area contributed by atoms with Crippen molar-refractivity contribution in [2.24, 2.45) is 0 Å². The molecular formula is C15H21N3O4. The fraction of sp³-hybridized carbons (Fsp3) is 0.667. The van der Waals surface area contributed by atoms with Crippen molar-refractivity contribution in [1.29, 1.82) is 0 Å². The molecule has 120 valence electrons. The lowest BCUT2D eigenvalue weighted by Gasteiger charge is -2.41. The summed E-state index contributed by atoms with van der Waals surface area (Å²) in [5, 5.41) is 13.8. The van der Waals surface area contributed by atoms with Gasteiger partial charge in [-0.05, 0) is 25.8 Å². The van der Waals surface area contributed by atoms with Crippen molar-refractivity contribution in [3.63, 3.8) is 0 Å². The number of ether oxygens (including phenoxy) is 1. The summed E-state index contributed by atoms with van der Waals surface area (Å²) in [6, 6.07) is 1.72. The van der Waals surface area contributed by atoms with E-state index in [1.54, 1.807) is 23.4 Å². The third-order valence-corrected chi connectivity index (χ3v) is 4.89. The Hall–Kier alpha value is -1.89. The molecule has 2 fully saturated rings. The second kappa shape index (κ2) is 5.39. The molecule has 0 unspecified atom stereocenters. The summed E-state index contributed by atoms with van der Waals surface area (Å²) in [6.07, 6.45) is 5.58. The highest BCUT2D eigenvalue weighted by Gasteiger charge is 2.48. The van der Waals surface area contributed by atoms with Crippen LogP contribution in [0.4, 0.5) is 0 Å². The number of hydrogen-bond donors (Lipinski definition) is 1. The number of aromatic nitrogens is 2. The molecule has 3 heterocycles. The van der Waals surface area contributed by atoms with Crippen molar-refractivity contribution >= 4 is 11.9 Å². The first-order valence-corrected chi connectivity index (χ1v) is 7.65. The first-order chi connectivity index (χ1) is 10.5. The molecule has 3 rings (SSSR count). The summed E-state index contributed by atoms with van der Waals surface area (Å²) < 4.78 is 7.11. The van der Waals surface area contributed by atoms with Gasteiger partial charge in [-0.25, -0.2) is 4.79 Å². The zero-order chi connectivity index (χ0) is 15.8. The van der Waals surface area contributed by atoms with E-state index < -0.39 is 17.1 Å². The molecule has 1 amide bonds. The van der Waals surface area contributed by atoms with E-state index >= 15 is 0 Å². The molecule has 22 heavy (non-hydrogen) atoms. The van der Waals surface area contributed by atoms with Crippen molar-refractivity contribution in [3.8, 4) is 0 Å². The van der Waals surface area contributed by atoms with Gasteiger partial charge in [0.1, 0.15) is 5.60 Å². The van der Waals surface area contributed by atoms with E-state index in [0.29, 0.717) is 32.5 Å². The van der Waals surface area contributed by atoms with E-state index in [4.69, 9.17) is 4.74 Å². The molecule has 0 spiro atoms. The lowest BCUT2D eigenvalue weighted by Crippen LogP contribution is -2.56. The van der Waals surface area contributed by atoms with E-state index in [1.807, 2.05) is 6.92 Å². The Balaban J connectivity index is 1.74. The van der Waals surface area contributed by atoms with E-state index in [2.05, 4.69) is 5.10 Å². The van der Waals surface area contributed by atoms with Crippen LogP contribution >= 0.6 is 0 Å². The third kappa shape index (κ3) is 2.29. The number of carbonyl (C=O) groups excluding carboxylic acids is 1. The molecule has 2 aliphatic heterocycles. The van der Waals surface area contributed by atoms with Crippen LogP contribution in [0.5, 0.6) is 0 Å². The minimum Gasteiger partial charge on any atom is -0.479 e. The molecule has 0 radical (unpaired) electrons. The van der Waals surface area contributed by atoms with Gasteiger partial charge in [0.15, 0.2) is 5.54 Å². The Kier molecular flexibility index (Phi) is 3.68. The van der Waals surface area contributed by atoms with Gasteiger partial charge >= 0.3 is 5.97 Å². The molecule has 1 aromatic heterocycles. The zero-order valence-corrected chi connectivity index (χ0v) is 12.7. The second-order valence-corrected chi connectivity index (χ2v) is 6.26. The number of rotatable bonds is 3. The molecule has 7 heteroatoms. The lowest BCUT2D eigenvalue weighted by atomic mass is 9.86. The molecule has 1 atom stereocenters. The molecule has 7 nitrogen and oxygen atoms in total. The van der Waals surface area contributed by atoms with Crippen LogP contribution in [0.3, 0.4) is 0 Å². The van der Waals surface area contributed by atoms with Crippen molar-refractivity contribution in [2.75, 3.05) is 19.7 Å². The van der Waals surface area contributed by atoms with E-state index in [0.717, 1.165) is 12.8 Å². The fourth-order valence-electron chi connectivity index (χ4n) is 3.42. The number of likely N-dealkylation sites (tertiary alicyclic amines) is 1. The monoisotopic (exact) mass is 307 g/mol. The van der Waals surface area contributed by atoms with Gasteiger partial charge in [0.25, 0.3) is 5.91 Å². The van der Waals surface area contributed by atoms with Crippen molar-refractivity contribution in [2.45, 2.75) is 43.7 Å². The number of piperidine rings is 1. The van der Waals surface area contributed by atoms with Crippen LogP contribution in [0.15, 0.2) is 18.5 Å². The number of amides is 1. The Labute approximate surface area is 128 Å². The minimum atomic E-state index is -1.06. The van der Waals surface area contributed by atoms with Crippen molar-refractivity contribution in [3.05, 3.63) is 18.5 Å². The smallest absolute Gasteiger partial charge is 0.331 e. The number of carboxylic acids is 1. The number of hydrogen-bond acceptors (Lipinski definition) is 4. The predicted octanol–water partition coefficient (Wildman–Crippen LogP) is 0.854. The first-order valence-electron chi connectivity index (χ1n) is 7.65. The molecule has 2 saturated heterocycles. The first kappa shape index (κ1) is 15.0. The normalized spacial score (nSPS) is 27.8. The summed E-state index contributed by atoms with van der Waals surface area (Å²) >= 11 is 0. The Morgan fingerprint density at radius 1 is 1.27 bits per heavy atom. The van der Waals surface area contributed by atoms with E-state index in [-0.39, 0.29) is 5.91 Å². The standard InChI is InChI=1S/C15H21N3O4/c1-14(4-2-11-22-14)12(19)17-9-5-15(6-10-17,13(20)21)18-8-3-7-16-18/h3,7-8H,2,4-6,9-11H2,1H3,(H,20,21)/t14-/m0/s1. The quantitative estimate of drug-likeness (QED) is 0.895. The summed E-state index contributed by atoms with van der Waals surface area (Å²) in [5.74, 6) is -0.920. The van der Waals surface area contributed by atoms with Gasteiger partial charge in [-0.1, -0.05) is 0 Å². The number of carboxylic acid groups (broad SMARTS) is 1. The highest BCUT2D eigenvalue weighted by atomic mass is 16.5. The van der Waals surface area contributed by atoms with E-state index in [1.165, 1.54) is 4.68 Å². The van der Waals surface area contributed by atoms with Crippen LogP contribution in [-0.2, 0) is 19.9 Å². The third-order valence-electron chi connectivity index (χ3n) is 4.89. The SMILES string of the molecule is C[C@@]1(C(=O)N2CCC(C(=O)O)(n3cccn3)CC2)CCCO1. The summed E-state index contributed by atoms with van der Waals surface area (Å²) in [6.45, 7) is 3.26. The van der Waals surface area contributed by atoms with Crippen LogP contribution < -0.4 is 0 Å². The number of nitrogens with zero attached hydrogens (tertiary/aromatic N) is 3. The van der Waals surface area contributed by atoms with Gasteiger partial charge < -0.3 is 14.7 Å². The molecule has 1 aromatic rings. The maximum Gasteiger partial charge on any atom is 0.331 e. The van der Waals surface area contributed by atoms with Gasteiger partial charge in [-0.2, -0.15) is 5.10 Å². The molecule has 2 aliphatic rings. The zero-order valence-electron chi connectivity index (χ0n) is 12.7. The highest BCUT2D eigenvalue weighted by Crippen LogP contribution is 2.33. The van der Waals surface area contributed by atoms with Gasteiger partial charge in [-0.3, -0.25) is 9.48 Å². The second-order valence-electron chi connectivity index (χ2n) is 6.26. The fourth-order valence-corrected chi connectivity index (χ4v) is 3.42. The molecular weight excluding hydrogens is 286 g/mol. The van der Waals surface area contributed by atoms with Gasteiger partial charge in [0, 0.05) is 44.9 Å². The molecule has 1 N–H and O–H groups in total. The molecule has 0 saturated carbocycles. The van der Waals surface area contributed by atoms with E-state index in [9.17, 15) is 14.7 Å². The largest absolute Gasteiger partial charge is 0.479 e. The predicted molar refractivity (Wildman–Crippen MR) is 77.2 cm³/mol. The highest BCUT2D eigenvalue weighted by molar-refractivity contribution is 5.85. The van der Waals surface area contributed by atoms with Gasteiger partial charge in [0.05, 0.1) is 0 Å². The topological polar surface area (TPSA) is 84.7 Å². The summed E-state index contributed by atoms with van der Waals surface area (Å²) in [7, 11) is 0. The van der Waals surface area contributed by atoms with Crippen LogP contribution in [0.25, 0.3) is 0 Å². The van der Waals surface area contributed by atoms with Crippen molar-refractivity contribution in [1.82, 2.24) is 14.7 Å². The van der Waals surface area contributed by atoms with Crippen LogP contribution in [0.1, 0.15) is 32.6 Å². The Bertz CT molecular complexity index is 555. The average Bonchev–Trinajstić information content (AvgIpc) is 3.18. The maximum atomic E-state index is 12.6. The average molecular weight is 307 g/mol. The maximum absolute atomic E-state index is 12.6. The van der Waals surface area contributed by atoms with Crippen LogP contribution in [-0.4, -0.2) is 57.0 Å². The minimum absolute atomic E-state index is 0.0237. The molecule has 0 aliphatic carbocycles. The van der Waals surface area contributed by atoms with Crippen molar-refractivity contribution < 1.29 is 19.4 Å².